The van der Waals surface area contributed by atoms with E-state index in [1.807, 2.05) is 0 Å². The van der Waals surface area contributed by atoms with Gasteiger partial charge in [0.25, 0.3) is 0 Å². The Labute approximate surface area is 87.4 Å². The molecule has 0 aliphatic carbocycles. The number of methoxy groups -OCH3 is 1. The number of esters is 1. The molecule has 0 spiro atoms. The SMILES string of the molecule is COC(=O)CCNc1ccc(N=O)cc1. The van der Waals surface area contributed by atoms with Gasteiger partial charge in [0.15, 0.2) is 0 Å². The van der Waals surface area contributed by atoms with Gasteiger partial charge in [0.1, 0.15) is 5.69 Å². The summed E-state index contributed by atoms with van der Waals surface area (Å²) in [6, 6.07) is 6.67. The fraction of sp³-hybridized carbons (Fsp3) is 0.300. The third kappa shape index (κ3) is 3.76. The van der Waals surface area contributed by atoms with Crippen molar-refractivity contribution in [2.45, 2.75) is 6.42 Å². The molecular weight excluding hydrogens is 196 g/mol. The van der Waals surface area contributed by atoms with Crippen LogP contribution in [-0.4, -0.2) is 19.6 Å². The molecule has 0 aliphatic heterocycles. The summed E-state index contributed by atoms with van der Waals surface area (Å²) in [7, 11) is 1.35. The quantitative estimate of drug-likeness (QED) is 0.594. The zero-order valence-electron chi connectivity index (χ0n) is 8.40. The number of ether oxygens (including phenoxy) is 1. The third-order valence-corrected chi connectivity index (χ3v) is 1.86. The second-order valence-corrected chi connectivity index (χ2v) is 2.89. The maximum Gasteiger partial charge on any atom is 0.307 e. The molecule has 0 aromatic heterocycles. The molecule has 0 saturated heterocycles. The maximum atomic E-state index is 10.8. The minimum Gasteiger partial charge on any atom is -0.469 e. The standard InChI is InChI=1S/C10H12N2O3/c1-15-10(13)6-7-11-8-2-4-9(12-14)5-3-8/h2-5,11H,6-7H2,1H3. The van der Waals surface area contributed by atoms with E-state index < -0.39 is 0 Å². The molecule has 1 rings (SSSR count). The van der Waals surface area contributed by atoms with E-state index in [1.165, 1.54) is 7.11 Å². The molecule has 15 heavy (non-hydrogen) atoms. The van der Waals surface area contributed by atoms with Gasteiger partial charge in [-0.2, -0.15) is 0 Å². The predicted molar refractivity (Wildman–Crippen MR) is 57.0 cm³/mol. The summed E-state index contributed by atoms with van der Waals surface area (Å²) < 4.78 is 4.49. The molecular formula is C10H12N2O3. The van der Waals surface area contributed by atoms with Crippen LogP contribution in [0.3, 0.4) is 0 Å². The van der Waals surface area contributed by atoms with Gasteiger partial charge in [-0.3, -0.25) is 4.79 Å². The minimum absolute atomic E-state index is 0.256. The average molecular weight is 208 g/mol. The molecule has 0 saturated carbocycles. The van der Waals surface area contributed by atoms with Gasteiger partial charge in [0, 0.05) is 12.2 Å². The van der Waals surface area contributed by atoms with Gasteiger partial charge in [-0.25, -0.2) is 0 Å². The van der Waals surface area contributed by atoms with Gasteiger partial charge in [-0.15, -0.1) is 4.91 Å². The highest BCUT2D eigenvalue weighted by Crippen LogP contribution is 2.15. The van der Waals surface area contributed by atoms with Crippen LogP contribution in [-0.2, 0) is 9.53 Å². The average Bonchev–Trinajstić information content (AvgIpc) is 2.29. The largest absolute Gasteiger partial charge is 0.469 e. The van der Waals surface area contributed by atoms with E-state index in [1.54, 1.807) is 24.3 Å². The number of carbonyl (C=O) groups is 1. The van der Waals surface area contributed by atoms with Crippen LogP contribution in [0.5, 0.6) is 0 Å². The van der Waals surface area contributed by atoms with Crippen LogP contribution in [0, 0.1) is 4.91 Å². The van der Waals surface area contributed by atoms with Crippen LogP contribution in [0.15, 0.2) is 29.4 Å². The predicted octanol–water partition coefficient (Wildman–Crippen LogP) is 2.06. The molecule has 80 valence electrons. The Morgan fingerprint density at radius 2 is 2.07 bits per heavy atom. The Hall–Kier alpha value is -1.91. The smallest absolute Gasteiger partial charge is 0.307 e. The van der Waals surface area contributed by atoms with Gasteiger partial charge < -0.3 is 10.1 Å². The normalized spacial score (nSPS) is 9.40. The number of carbonyl (C=O) groups excluding carboxylic acids is 1. The zero-order chi connectivity index (χ0) is 11.1. The molecule has 1 aromatic carbocycles. The molecule has 0 unspecified atom stereocenters. The first-order valence-corrected chi connectivity index (χ1v) is 4.50. The summed E-state index contributed by atoms with van der Waals surface area (Å²) in [5.74, 6) is -0.256. The first kappa shape index (κ1) is 11.2. The minimum atomic E-state index is -0.256. The summed E-state index contributed by atoms with van der Waals surface area (Å²) in [5, 5.41) is 5.80. The van der Waals surface area contributed by atoms with Crippen LogP contribution in [0.25, 0.3) is 0 Å². The zero-order valence-corrected chi connectivity index (χ0v) is 8.40. The Kier molecular flexibility index (Phi) is 4.28. The number of anilines is 1. The van der Waals surface area contributed by atoms with Crippen LogP contribution >= 0.6 is 0 Å². The number of nitroso groups, excluding NO2 is 1. The van der Waals surface area contributed by atoms with E-state index in [-0.39, 0.29) is 5.97 Å². The molecule has 5 heteroatoms. The van der Waals surface area contributed by atoms with Gasteiger partial charge >= 0.3 is 5.97 Å². The molecule has 0 amide bonds. The lowest BCUT2D eigenvalue weighted by Crippen LogP contribution is -2.09. The molecule has 0 fully saturated rings. The topological polar surface area (TPSA) is 67.8 Å². The summed E-state index contributed by atoms with van der Waals surface area (Å²) in [4.78, 5) is 20.9. The maximum absolute atomic E-state index is 10.8. The summed E-state index contributed by atoms with van der Waals surface area (Å²) in [6.45, 7) is 0.501. The fourth-order valence-electron chi connectivity index (χ4n) is 1.05. The summed E-state index contributed by atoms with van der Waals surface area (Å²) >= 11 is 0. The number of hydrogen-bond acceptors (Lipinski definition) is 5. The molecule has 5 nitrogen and oxygen atoms in total. The Bertz CT molecular complexity index is 335. The van der Waals surface area contributed by atoms with E-state index in [0.717, 1.165) is 5.69 Å². The van der Waals surface area contributed by atoms with E-state index in [2.05, 4.69) is 15.2 Å². The second kappa shape index (κ2) is 5.74. The Morgan fingerprint density at radius 1 is 1.40 bits per heavy atom. The third-order valence-electron chi connectivity index (χ3n) is 1.86. The van der Waals surface area contributed by atoms with Gasteiger partial charge in [-0.1, -0.05) is 0 Å². The number of nitrogens with one attached hydrogen (secondary N) is 1. The van der Waals surface area contributed by atoms with Crippen LogP contribution in [0.2, 0.25) is 0 Å². The number of benzene rings is 1. The van der Waals surface area contributed by atoms with Crippen molar-refractivity contribution in [1.82, 2.24) is 0 Å². The second-order valence-electron chi connectivity index (χ2n) is 2.89. The van der Waals surface area contributed by atoms with Crippen molar-refractivity contribution in [3.05, 3.63) is 29.2 Å². The van der Waals surface area contributed by atoms with Crippen molar-refractivity contribution in [1.29, 1.82) is 0 Å². The highest BCUT2D eigenvalue weighted by molar-refractivity contribution is 5.69. The number of nitrogens with zero attached hydrogens (tertiary/aromatic N) is 1. The molecule has 0 bridgehead atoms. The van der Waals surface area contributed by atoms with Crippen LogP contribution < -0.4 is 5.32 Å². The van der Waals surface area contributed by atoms with Crippen LogP contribution in [0.1, 0.15) is 6.42 Å². The van der Waals surface area contributed by atoms with E-state index in [0.29, 0.717) is 18.7 Å². The van der Waals surface area contributed by atoms with E-state index >= 15 is 0 Å². The highest BCUT2D eigenvalue weighted by atomic mass is 16.5. The van der Waals surface area contributed by atoms with Gasteiger partial charge in [-0.05, 0) is 29.4 Å². The lowest BCUT2D eigenvalue weighted by molar-refractivity contribution is -0.140. The molecule has 0 atom stereocenters. The Morgan fingerprint density at radius 3 is 2.60 bits per heavy atom. The lowest BCUT2D eigenvalue weighted by Gasteiger charge is -2.04. The fourth-order valence-corrected chi connectivity index (χ4v) is 1.05. The molecule has 0 heterocycles. The summed E-state index contributed by atoms with van der Waals surface area (Å²) in [6.07, 6.45) is 0.310. The first-order valence-electron chi connectivity index (χ1n) is 4.50. The van der Waals surface area contributed by atoms with Crippen molar-refractivity contribution in [2.75, 3.05) is 19.0 Å². The van der Waals surface area contributed by atoms with Crippen molar-refractivity contribution in [3.8, 4) is 0 Å². The van der Waals surface area contributed by atoms with Gasteiger partial charge in [0.05, 0.1) is 13.5 Å². The molecule has 1 N–H and O–H groups in total. The lowest BCUT2D eigenvalue weighted by atomic mass is 10.3. The monoisotopic (exact) mass is 208 g/mol. The van der Waals surface area contributed by atoms with E-state index in [4.69, 9.17) is 0 Å². The van der Waals surface area contributed by atoms with E-state index in [9.17, 15) is 9.70 Å². The van der Waals surface area contributed by atoms with Crippen molar-refractivity contribution in [3.63, 3.8) is 0 Å². The Balaban J connectivity index is 2.37. The molecule has 0 radical (unpaired) electrons. The summed E-state index contributed by atoms with van der Waals surface area (Å²) in [5.41, 5.74) is 1.22. The first-order chi connectivity index (χ1) is 7.26. The van der Waals surface area contributed by atoms with Crippen molar-refractivity contribution in [2.24, 2.45) is 5.18 Å². The number of rotatable bonds is 5. The van der Waals surface area contributed by atoms with Crippen molar-refractivity contribution >= 4 is 17.3 Å². The molecule has 0 aliphatic rings. The molecule has 1 aromatic rings. The van der Waals surface area contributed by atoms with Gasteiger partial charge in [0.2, 0.25) is 0 Å². The highest BCUT2D eigenvalue weighted by Gasteiger charge is 1.99. The van der Waals surface area contributed by atoms with Crippen molar-refractivity contribution < 1.29 is 9.53 Å². The number of hydrogen-bond donors (Lipinski definition) is 1. The van der Waals surface area contributed by atoms with Crippen LogP contribution in [0.4, 0.5) is 11.4 Å².